The summed E-state index contributed by atoms with van der Waals surface area (Å²) in [5.41, 5.74) is 1.50. The summed E-state index contributed by atoms with van der Waals surface area (Å²) < 4.78 is 13.1. The van der Waals surface area contributed by atoms with Crippen LogP contribution < -0.4 is 10.2 Å². The molecular formula is C20H23FN3O2+. The number of benzene rings is 2. The molecule has 2 aromatic rings. The van der Waals surface area contributed by atoms with Gasteiger partial charge in [-0.05, 0) is 24.3 Å². The van der Waals surface area contributed by atoms with Crippen molar-refractivity contribution in [3.8, 4) is 0 Å². The highest BCUT2D eigenvalue weighted by atomic mass is 19.1. The Labute approximate surface area is 152 Å². The third-order valence-electron chi connectivity index (χ3n) is 4.77. The molecule has 0 unspecified atom stereocenters. The molecule has 1 atom stereocenters. The molecule has 5 nitrogen and oxygen atoms in total. The van der Waals surface area contributed by atoms with Crippen LogP contribution in [0.3, 0.4) is 0 Å². The fraction of sp³-hybridized carbons (Fsp3) is 0.300. The normalized spacial score (nSPS) is 16.2. The van der Waals surface area contributed by atoms with E-state index in [0.717, 1.165) is 10.5 Å². The first-order valence-corrected chi connectivity index (χ1v) is 8.76. The number of hydrogen-bond acceptors (Lipinski definition) is 2. The molecule has 0 bridgehead atoms. The number of quaternary nitrogens is 1. The fourth-order valence-corrected chi connectivity index (χ4v) is 3.36. The summed E-state index contributed by atoms with van der Waals surface area (Å²) in [5.74, 6) is -0.404. The van der Waals surface area contributed by atoms with Gasteiger partial charge in [0.1, 0.15) is 5.82 Å². The molecule has 1 saturated heterocycles. The van der Waals surface area contributed by atoms with E-state index in [1.807, 2.05) is 35.2 Å². The summed E-state index contributed by atoms with van der Waals surface area (Å²) >= 11 is 0. The molecule has 2 N–H and O–H groups in total. The Kier molecular flexibility index (Phi) is 5.63. The molecule has 0 aromatic heterocycles. The summed E-state index contributed by atoms with van der Waals surface area (Å²) in [4.78, 5) is 27.5. The number of piperazine rings is 1. The maximum absolute atomic E-state index is 13.1. The molecule has 1 aliphatic heterocycles. The van der Waals surface area contributed by atoms with Crippen LogP contribution in [0.4, 0.5) is 10.1 Å². The zero-order valence-corrected chi connectivity index (χ0v) is 14.7. The van der Waals surface area contributed by atoms with E-state index < -0.39 is 0 Å². The van der Waals surface area contributed by atoms with Crippen molar-refractivity contribution < 1.29 is 18.9 Å². The third-order valence-corrected chi connectivity index (χ3v) is 4.77. The summed E-state index contributed by atoms with van der Waals surface area (Å²) in [5, 5.41) is 2.89. The van der Waals surface area contributed by atoms with E-state index in [2.05, 4.69) is 5.32 Å². The van der Waals surface area contributed by atoms with Gasteiger partial charge in [0.25, 0.3) is 5.91 Å². The maximum Gasteiger partial charge on any atom is 0.287 e. The van der Waals surface area contributed by atoms with Gasteiger partial charge >= 0.3 is 0 Å². The maximum atomic E-state index is 13.1. The van der Waals surface area contributed by atoms with Crippen molar-refractivity contribution in [3.05, 3.63) is 66.0 Å². The van der Waals surface area contributed by atoms with E-state index in [0.29, 0.717) is 31.9 Å². The Morgan fingerprint density at radius 2 is 1.65 bits per heavy atom. The zero-order chi connectivity index (χ0) is 18.5. The van der Waals surface area contributed by atoms with E-state index in [1.165, 1.54) is 12.1 Å². The second kappa shape index (κ2) is 8.10. The predicted molar refractivity (Wildman–Crippen MR) is 97.2 cm³/mol. The molecule has 0 radical (unpaired) electrons. The van der Waals surface area contributed by atoms with Crippen molar-refractivity contribution in [2.75, 3.05) is 31.5 Å². The molecule has 26 heavy (non-hydrogen) atoms. The van der Waals surface area contributed by atoms with Crippen LogP contribution in [0.5, 0.6) is 0 Å². The number of halogens is 1. The van der Waals surface area contributed by atoms with Gasteiger partial charge < -0.3 is 15.1 Å². The molecule has 2 aromatic carbocycles. The smallest absolute Gasteiger partial charge is 0.287 e. The lowest BCUT2D eigenvalue weighted by molar-refractivity contribution is -0.925. The average molecular weight is 356 g/mol. The molecule has 0 spiro atoms. The molecule has 136 valence electrons. The van der Waals surface area contributed by atoms with Crippen LogP contribution in [0, 0.1) is 5.82 Å². The molecule has 3 rings (SSSR count). The Morgan fingerprint density at radius 1 is 1.04 bits per heavy atom. The van der Waals surface area contributed by atoms with Crippen molar-refractivity contribution in [2.45, 2.75) is 13.0 Å². The molecule has 2 amide bonds. The molecule has 0 saturated carbocycles. The van der Waals surface area contributed by atoms with Gasteiger partial charge in [0.05, 0.1) is 26.2 Å². The van der Waals surface area contributed by atoms with Crippen molar-refractivity contribution in [2.24, 2.45) is 0 Å². The van der Waals surface area contributed by atoms with E-state index >= 15 is 0 Å². The second-order valence-corrected chi connectivity index (χ2v) is 6.50. The van der Waals surface area contributed by atoms with Crippen LogP contribution >= 0.6 is 0 Å². The lowest BCUT2D eigenvalue weighted by Crippen LogP contribution is -3.16. The van der Waals surface area contributed by atoms with Gasteiger partial charge in [-0.25, -0.2) is 4.39 Å². The van der Waals surface area contributed by atoms with E-state index in [9.17, 15) is 14.0 Å². The Morgan fingerprint density at radius 3 is 2.23 bits per heavy atom. The van der Waals surface area contributed by atoms with E-state index in [1.54, 1.807) is 19.1 Å². The Balaban J connectivity index is 1.79. The van der Waals surface area contributed by atoms with E-state index in [4.69, 9.17) is 0 Å². The number of rotatable bonds is 4. The minimum absolute atomic E-state index is 0.0658. The molecular weight excluding hydrogens is 333 g/mol. The van der Waals surface area contributed by atoms with Gasteiger partial charge in [-0.2, -0.15) is 0 Å². The lowest BCUT2D eigenvalue weighted by Gasteiger charge is -2.35. The highest BCUT2D eigenvalue weighted by molar-refractivity contribution is 5.94. The quantitative estimate of drug-likeness (QED) is 0.866. The lowest BCUT2D eigenvalue weighted by atomic mass is 10.0. The number of nitrogens with one attached hydrogen (secondary N) is 2. The third kappa shape index (κ3) is 4.26. The average Bonchev–Trinajstić information content (AvgIpc) is 2.65. The van der Waals surface area contributed by atoms with Crippen LogP contribution in [0.1, 0.15) is 18.5 Å². The zero-order valence-electron chi connectivity index (χ0n) is 14.7. The van der Waals surface area contributed by atoms with E-state index in [-0.39, 0.29) is 23.7 Å². The van der Waals surface area contributed by atoms with Crippen LogP contribution in [-0.4, -0.2) is 42.9 Å². The second-order valence-electron chi connectivity index (χ2n) is 6.50. The minimum atomic E-state index is -0.379. The van der Waals surface area contributed by atoms with Crippen LogP contribution in [0.25, 0.3) is 0 Å². The van der Waals surface area contributed by atoms with Crippen molar-refractivity contribution >= 4 is 17.5 Å². The largest absolute Gasteiger partial charge is 0.332 e. The van der Waals surface area contributed by atoms with Crippen molar-refractivity contribution in [3.63, 3.8) is 0 Å². The van der Waals surface area contributed by atoms with Gasteiger partial charge in [-0.1, -0.05) is 30.3 Å². The number of carbonyl (C=O) groups excluding carboxylic acids is 2. The van der Waals surface area contributed by atoms with Crippen molar-refractivity contribution in [1.29, 1.82) is 0 Å². The summed E-state index contributed by atoms with van der Waals surface area (Å²) in [7, 11) is 0. The number of hydrogen-bond donors (Lipinski definition) is 2. The Bertz CT molecular complexity index is 756. The molecule has 0 aliphatic carbocycles. The predicted octanol–water partition coefficient (Wildman–Crippen LogP) is 1.25. The van der Waals surface area contributed by atoms with Gasteiger partial charge in [0.15, 0.2) is 6.04 Å². The van der Waals surface area contributed by atoms with Crippen molar-refractivity contribution in [1.82, 2.24) is 4.90 Å². The summed E-state index contributed by atoms with van der Waals surface area (Å²) in [6, 6.07) is 15.0. The highest BCUT2D eigenvalue weighted by Crippen LogP contribution is 2.15. The molecule has 1 aliphatic rings. The van der Waals surface area contributed by atoms with Crippen LogP contribution in [-0.2, 0) is 9.59 Å². The molecule has 1 fully saturated rings. The number of carbonyl (C=O) groups is 2. The fourth-order valence-electron chi connectivity index (χ4n) is 3.36. The summed E-state index contributed by atoms with van der Waals surface area (Å²) in [6.45, 7) is 4.25. The van der Waals surface area contributed by atoms with Gasteiger partial charge in [0.2, 0.25) is 5.91 Å². The number of amides is 2. The standard InChI is InChI=1S/C20H22FN3O2/c1-15(25)23-11-13-24(14-12-23)19(16-5-3-2-4-6-16)20(26)22-18-9-7-17(21)8-10-18/h2-10,19H,11-14H2,1H3,(H,22,26)/p+1/t19-/m0/s1. The molecule has 1 heterocycles. The minimum Gasteiger partial charge on any atom is -0.332 e. The van der Waals surface area contributed by atoms with Crippen LogP contribution in [0.15, 0.2) is 54.6 Å². The van der Waals surface area contributed by atoms with Gasteiger partial charge in [-0.15, -0.1) is 0 Å². The number of anilines is 1. The first-order chi connectivity index (χ1) is 12.5. The van der Waals surface area contributed by atoms with Gasteiger partial charge in [0, 0.05) is 18.2 Å². The molecule has 6 heteroatoms. The highest BCUT2D eigenvalue weighted by Gasteiger charge is 2.34. The monoisotopic (exact) mass is 356 g/mol. The summed E-state index contributed by atoms with van der Waals surface area (Å²) in [6.07, 6.45) is 0. The SMILES string of the molecule is CC(=O)N1CC[NH+]([C@H](C(=O)Nc2ccc(F)cc2)c2ccccc2)CC1. The van der Waals surface area contributed by atoms with Crippen LogP contribution in [0.2, 0.25) is 0 Å². The first-order valence-electron chi connectivity index (χ1n) is 8.76. The first kappa shape index (κ1) is 18.1. The number of nitrogens with zero attached hydrogens (tertiary/aromatic N) is 1. The van der Waals surface area contributed by atoms with Gasteiger partial charge in [-0.3, -0.25) is 9.59 Å². The topological polar surface area (TPSA) is 53.9 Å². The Hall–Kier alpha value is -2.73.